The molecule has 2 nitrogen and oxygen atoms in total. The van der Waals surface area contributed by atoms with Crippen molar-refractivity contribution in [3.63, 3.8) is 0 Å². The van der Waals surface area contributed by atoms with Gasteiger partial charge in [-0.15, -0.1) is 0 Å². The molecule has 0 aliphatic rings. The zero-order valence-electron chi connectivity index (χ0n) is 15.6. The lowest BCUT2D eigenvalue weighted by molar-refractivity contribution is 0.965. The molecule has 0 fully saturated rings. The van der Waals surface area contributed by atoms with Crippen molar-refractivity contribution in [2.45, 2.75) is 19.8 Å². The molecule has 0 unspecified atom stereocenters. The molecule has 27 heavy (non-hydrogen) atoms. The van der Waals surface area contributed by atoms with Crippen LogP contribution in [-0.2, 0) is 0 Å². The lowest BCUT2D eigenvalue weighted by atomic mass is 9.81. The Kier molecular flexibility index (Phi) is 3.64. The maximum atomic E-state index is 3.48. The van der Waals surface area contributed by atoms with Crippen LogP contribution in [0.2, 0.25) is 0 Å². The number of fused-ring (bicyclic) bond motifs is 2. The first-order valence-electron chi connectivity index (χ1n) is 9.42. The highest BCUT2D eigenvalue weighted by Crippen LogP contribution is 2.41. The Morgan fingerprint density at radius 3 is 1.59 bits per heavy atom. The Bertz CT molecular complexity index is 1160. The normalized spacial score (nSPS) is 11.7. The molecule has 5 aromatic rings. The van der Waals surface area contributed by atoms with E-state index in [0.29, 0.717) is 0 Å². The number of benzene rings is 3. The number of H-pyrrole nitrogens is 2. The number of hydrogen-bond acceptors (Lipinski definition) is 0. The summed E-state index contributed by atoms with van der Waals surface area (Å²) < 4.78 is 0. The maximum Gasteiger partial charge on any atom is 0.0457 e. The quantitative estimate of drug-likeness (QED) is 0.375. The first-order chi connectivity index (χ1) is 13.2. The second-order valence-corrected chi connectivity index (χ2v) is 7.32. The zero-order chi connectivity index (χ0) is 18.4. The van der Waals surface area contributed by atoms with Gasteiger partial charge in [-0.2, -0.15) is 0 Å². The van der Waals surface area contributed by atoms with Crippen molar-refractivity contribution in [2.75, 3.05) is 0 Å². The summed E-state index contributed by atoms with van der Waals surface area (Å²) in [7, 11) is 0. The van der Waals surface area contributed by atoms with Crippen LogP contribution >= 0.6 is 0 Å². The molecule has 0 aliphatic heterocycles. The Hall–Kier alpha value is -3.26. The molecule has 0 aliphatic carbocycles. The molecule has 0 saturated heterocycles. The van der Waals surface area contributed by atoms with Crippen molar-refractivity contribution in [3.05, 3.63) is 107 Å². The van der Waals surface area contributed by atoms with Crippen molar-refractivity contribution < 1.29 is 0 Å². The van der Waals surface area contributed by atoms with Crippen LogP contribution in [0.3, 0.4) is 0 Å². The minimum absolute atomic E-state index is 0.179. The first-order valence-corrected chi connectivity index (χ1v) is 9.42. The minimum atomic E-state index is 0.179. The molecular formula is C25H22N2. The van der Waals surface area contributed by atoms with Crippen LogP contribution in [0.5, 0.6) is 0 Å². The monoisotopic (exact) mass is 350 g/mol. The highest BCUT2D eigenvalue weighted by atomic mass is 14.7. The van der Waals surface area contributed by atoms with Crippen LogP contribution in [0.15, 0.2) is 79.1 Å². The third kappa shape index (κ3) is 2.48. The van der Waals surface area contributed by atoms with E-state index in [9.17, 15) is 0 Å². The molecule has 2 heteroatoms. The number of aryl methyl sites for hydroxylation is 2. The molecule has 2 N–H and O–H groups in total. The SMILES string of the molecule is Cc1cccc(C)c1C(c1c[nH]c2ccccc12)c1c[nH]c2ccccc12. The van der Waals surface area contributed by atoms with Gasteiger partial charge in [0, 0.05) is 40.1 Å². The number of aromatic amines is 2. The van der Waals surface area contributed by atoms with Gasteiger partial charge in [0.25, 0.3) is 0 Å². The maximum absolute atomic E-state index is 3.48. The molecule has 0 bridgehead atoms. The predicted octanol–water partition coefficient (Wildman–Crippen LogP) is 6.45. The number of nitrogens with one attached hydrogen (secondary N) is 2. The van der Waals surface area contributed by atoms with Crippen LogP contribution in [0, 0.1) is 13.8 Å². The molecule has 0 radical (unpaired) electrons. The fourth-order valence-corrected chi connectivity index (χ4v) is 4.43. The van der Waals surface area contributed by atoms with Gasteiger partial charge in [0.1, 0.15) is 0 Å². The van der Waals surface area contributed by atoms with E-state index >= 15 is 0 Å². The van der Waals surface area contributed by atoms with Crippen LogP contribution < -0.4 is 0 Å². The molecule has 0 spiro atoms. The van der Waals surface area contributed by atoms with E-state index in [4.69, 9.17) is 0 Å². The van der Waals surface area contributed by atoms with Crippen LogP contribution in [0.25, 0.3) is 21.8 Å². The topological polar surface area (TPSA) is 31.6 Å². The van der Waals surface area contributed by atoms with E-state index in [1.807, 2.05) is 0 Å². The third-order valence-corrected chi connectivity index (χ3v) is 5.70. The fraction of sp³-hybridized carbons (Fsp3) is 0.120. The van der Waals surface area contributed by atoms with Crippen molar-refractivity contribution in [1.82, 2.24) is 9.97 Å². The number of hydrogen-bond donors (Lipinski definition) is 2. The van der Waals surface area contributed by atoms with E-state index in [1.54, 1.807) is 0 Å². The summed E-state index contributed by atoms with van der Waals surface area (Å²) in [6, 6.07) is 23.7. The lowest BCUT2D eigenvalue weighted by Crippen LogP contribution is -2.06. The average molecular weight is 350 g/mol. The summed E-state index contributed by atoms with van der Waals surface area (Å²) in [5.41, 5.74) is 9.07. The summed E-state index contributed by atoms with van der Waals surface area (Å²) in [6.45, 7) is 4.44. The Morgan fingerprint density at radius 1 is 0.593 bits per heavy atom. The second kappa shape index (κ2) is 6.17. The smallest absolute Gasteiger partial charge is 0.0457 e. The summed E-state index contributed by atoms with van der Waals surface area (Å²) in [5, 5.41) is 2.57. The van der Waals surface area contributed by atoms with Gasteiger partial charge in [-0.3, -0.25) is 0 Å². The van der Waals surface area contributed by atoms with Crippen LogP contribution in [0.4, 0.5) is 0 Å². The molecule has 2 heterocycles. The summed E-state index contributed by atoms with van der Waals surface area (Å²) in [6.07, 6.45) is 4.37. The van der Waals surface area contributed by atoms with Gasteiger partial charge in [0.15, 0.2) is 0 Å². The zero-order valence-corrected chi connectivity index (χ0v) is 15.6. The molecule has 5 rings (SSSR count). The minimum Gasteiger partial charge on any atom is -0.361 e. The standard InChI is InChI=1S/C25H22N2/c1-16-8-7-9-17(2)24(16)25(20-14-26-22-12-5-3-10-18(20)22)21-15-27-23-13-6-4-11-19(21)23/h3-15,25-27H,1-2H3. The van der Waals surface area contributed by atoms with E-state index in [-0.39, 0.29) is 5.92 Å². The highest BCUT2D eigenvalue weighted by Gasteiger charge is 2.25. The van der Waals surface area contributed by atoms with Crippen LogP contribution in [0.1, 0.15) is 33.7 Å². The molecule has 0 saturated carbocycles. The summed E-state index contributed by atoms with van der Waals surface area (Å²) in [4.78, 5) is 6.95. The lowest BCUT2D eigenvalue weighted by Gasteiger charge is -2.22. The fourth-order valence-electron chi connectivity index (χ4n) is 4.43. The molecule has 0 atom stereocenters. The average Bonchev–Trinajstić information content (AvgIpc) is 3.30. The molecular weight excluding hydrogens is 328 g/mol. The Labute approximate surface area is 158 Å². The number of para-hydroxylation sites is 2. The van der Waals surface area contributed by atoms with Gasteiger partial charge in [-0.25, -0.2) is 0 Å². The largest absolute Gasteiger partial charge is 0.361 e. The van der Waals surface area contributed by atoms with E-state index < -0.39 is 0 Å². The molecule has 3 aromatic carbocycles. The molecule has 2 aromatic heterocycles. The third-order valence-electron chi connectivity index (χ3n) is 5.70. The van der Waals surface area contributed by atoms with Gasteiger partial charge in [-0.1, -0.05) is 54.6 Å². The van der Waals surface area contributed by atoms with E-state index in [0.717, 1.165) is 0 Å². The number of aromatic nitrogens is 2. The van der Waals surface area contributed by atoms with Crippen molar-refractivity contribution >= 4 is 21.8 Å². The molecule has 0 amide bonds. The van der Waals surface area contributed by atoms with Crippen molar-refractivity contribution in [2.24, 2.45) is 0 Å². The van der Waals surface area contributed by atoms with Gasteiger partial charge >= 0.3 is 0 Å². The van der Waals surface area contributed by atoms with E-state index in [1.165, 1.54) is 49.6 Å². The van der Waals surface area contributed by atoms with Crippen molar-refractivity contribution in [1.29, 1.82) is 0 Å². The second-order valence-electron chi connectivity index (χ2n) is 7.32. The first kappa shape index (κ1) is 16.0. The Morgan fingerprint density at radius 2 is 1.07 bits per heavy atom. The molecule has 132 valence electrons. The summed E-state index contributed by atoms with van der Waals surface area (Å²) >= 11 is 0. The number of rotatable bonds is 3. The summed E-state index contributed by atoms with van der Waals surface area (Å²) in [5.74, 6) is 0.179. The highest BCUT2D eigenvalue weighted by molar-refractivity contribution is 5.89. The van der Waals surface area contributed by atoms with Gasteiger partial charge < -0.3 is 9.97 Å². The van der Waals surface area contributed by atoms with Gasteiger partial charge in [-0.05, 0) is 53.8 Å². The van der Waals surface area contributed by atoms with E-state index in [2.05, 4.69) is 103 Å². The Balaban J connectivity index is 1.86. The van der Waals surface area contributed by atoms with Crippen molar-refractivity contribution in [3.8, 4) is 0 Å². The van der Waals surface area contributed by atoms with Gasteiger partial charge in [0.05, 0.1) is 0 Å². The predicted molar refractivity (Wildman–Crippen MR) is 113 cm³/mol. The van der Waals surface area contributed by atoms with Gasteiger partial charge in [0.2, 0.25) is 0 Å². The van der Waals surface area contributed by atoms with Crippen LogP contribution in [-0.4, -0.2) is 9.97 Å².